The van der Waals surface area contributed by atoms with Gasteiger partial charge in [-0.15, -0.1) is 0 Å². The number of nitrogens with zero attached hydrogens (tertiary/aromatic N) is 2. The van der Waals surface area contributed by atoms with E-state index in [1.54, 1.807) is 18.2 Å². The van der Waals surface area contributed by atoms with Crippen molar-refractivity contribution >= 4 is 21.6 Å². The summed E-state index contributed by atoms with van der Waals surface area (Å²) >= 11 is 0. The fourth-order valence-electron chi connectivity index (χ4n) is 3.47. The van der Waals surface area contributed by atoms with E-state index in [0.717, 1.165) is 24.8 Å². The van der Waals surface area contributed by atoms with Crippen LogP contribution in [0.1, 0.15) is 25.0 Å². The molecular formula is C22H23N3O4S. The average molecular weight is 426 g/mol. The van der Waals surface area contributed by atoms with Gasteiger partial charge in [-0.2, -0.15) is 4.31 Å². The van der Waals surface area contributed by atoms with E-state index in [2.05, 4.69) is 10.5 Å². The lowest BCUT2D eigenvalue weighted by Crippen LogP contribution is -2.35. The summed E-state index contributed by atoms with van der Waals surface area (Å²) in [4.78, 5) is 12.6. The fourth-order valence-corrected chi connectivity index (χ4v) is 4.99. The molecular weight excluding hydrogens is 402 g/mol. The van der Waals surface area contributed by atoms with E-state index in [9.17, 15) is 13.2 Å². The first-order valence-corrected chi connectivity index (χ1v) is 11.4. The van der Waals surface area contributed by atoms with Crippen molar-refractivity contribution in [2.24, 2.45) is 0 Å². The molecule has 0 saturated carbocycles. The Morgan fingerprint density at radius 1 is 1.00 bits per heavy atom. The Labute approximate surface area is 175 Å². The Kier molecular flexibility index (Phi) is 5.96. The summed E-state index contributed by atoms with van der Waals surface area (Å²) in [5.41, 5.74) is 2.12. The first kappa shape index (κ1) is 20.3. The predicted molar refractivity (Wildman–Crippen MR) is 113 cm³/mol. The highest BCUT2D eigenvalue weighted by molar-refractivity contribution is 7.89. The lowest BCUT2D eigenvalue weighted by atomic mass is 10.1. The SMILES string of the molecule is O=C(Cc1cc(-c2ccccc2)no1)Nc1ccc(S(=O)(=O)N2CCCCC2)cc1. The van der Waals surface area contributed by atoms with Crippen LogP contribution in [-0.4, -0.2) is 36.9 Å². The van der Waals surface area contributed by atoms with Crippen LogP contribution >= 0.6 is 0 Å². The molecule has 1 aliphatic heterocycles. The third-order valence-electron chi connectivity index (χ3n) is 5.05. The number of benzene rings is 2. The zero-order valence-corrected chi connectivity index (χ0v) is 17.3. The Bertz CT molecular complexity index is 1100. The molecule has 8 heteroatoms. The summed E-state index contributed by atoms with van der Waals surface area (Å²) in [6.07, 6.45) is 2.88. The van der Waals surface area contributed by atoms with Gasteiger partial charge in [0.15, 0.2) is 0 Å². The van der Waals surface area contributed by atoms with Crippen molar-refractivity contribution in [1.29, 1.82) is 0 Å². The minimum atomic E-state index is -3.48. The fraction of sp³-hybridized carbons (Fsp3) is 0.273. The highest BCUT2D eigenvalue weighted by atomic mass is 32.2. The molecule has 1 aliphatic rings. The monoisotopic (exact) mass is 425 g/mol. The van der Waals surface area contributed by atoms with Crippen molar-refractivity contribution in [3.05, 3.63) is 66.4 Å². The molecule has 0 unspecified atom stereocenters. The number of hydrogen-bond donors (Lipinski definition) is 1. The number of sulfonamides is 1. The lowest BCUT2D eigenvalue weighted by molar-refractivity contribution is -0.115. The normalized spacial score (nSPS) is 15.1. The molecule has 30 heavy (non-hydrogen) atoms. The van der Waals surface area contributed by atoms with Gasteiger partial charge in [0.2, 0.25) is 15.9 Å². The van der Waals surface area contributed by atoms with Gasteiger partial charge in [0.25, 0.3) is 0 Å². The molecule has 4 rings (SSSR count). The molecule has 156 valence electrons. The summed E-state index contributed by atoms with van der Waals surface area (Å²) in [6.45, 7) is 1.12. The molecule has 0 atom stereocenters. The molecule has 0 aliphatic carbocycles. The number of anilines is 1. The Balaban J connectivity index is 1.38. The predicted octanol–water partition coefficient (Wildman–Crippen LogP) is 3.70. The van der Waals surface area contributed by atoms with Crippen LogP contribution in [0.15, 0.2) is 70.1 Å². The second-order valence-corrected chi connectivity index (χ2v) is 9.20. The van der Waals surface area contributed by atoms with E-state index in [0.29, 0.717) is 30.2 Å². The van der Waals surface area contributed by atoms with Crippen LogP contribution in [-0.2, 0) is 21.2 Å². The first-order valence-electron chi connectivity index (χ1n) is 9.93. The van der Waals surface area contributed by atoms with Crippen molar-refractivity contribution in [3.8, 4) is 11.3 Å². The van der Waals surface area contributed by atoms with Crippen LogP contribution in [0, 0.1) is 0 Å². The van der Waals surface area contributed by atoms with E-state index >= 15 is 0 Å². The minimum absolute atomic E-state index is 0.0354. The van der Waals surface area contributed by atoms with E-state index in [1.165, 1.54) is 16.4 Å². The minimum Gasteiger partial charge on any atom is -0.360 e. The number of amides is 1. The van der Waals surface area contributed by atoms with Crippen LogP contribution < -0.4 is 5.32 Å². The smallest absolute Gasteiger partial charge is 0.243 e. The Morgan fingerprint density at radius 3 is 2.40 bits per heavy atom. The average Bonchev–Trinajstić information content (AvgIpc) is 3.24. The summed E-state index contributed by atoms with van der Waals surface area (Å²) in [7, 11) is -3.48. The second-order valence-electron chi connectivity index (χ2n) is 7.26. The number of hydrogen-bond acceptors (Lipinski definition) is 5. The molecule has 0 spiro atoms. The summed E-state index contributed by atoms with van der Waals surface area (Å²) in [5, 5.41) is 6.77. The van der Waals surface area contributed by atoms with E-state index in [-0.39, 0.29) is 17.2 Å². The molecule has 3 aromatic rings. The van der Waals surface area contributed by atoms with Crippen LogP contribution in [0.4, 0.5) is 5.69 Å². The van der Waals surface area contributed by atoms with Gasteiger partial charge in [-0.05, 0) is 37.1 Å². The van der Waals surface area contributed by atoms with Crippen molar-refractivity contribution in [2.75, 3.05) is 18.4 Å². The number of nitrogens with one attached hydrogen (secondary N) is 1. The molecule has 0 radical (unpaired) electrons. The number of piperidine rings is 1. The van der Waals surface area contributed by atoms with E-state index in [4.69, 9.17) is 4.52 Å². The highest BCUT2D eigenvalue weighted by Gasteiger charge is 2.25. The maximum absolute atomic E-state index is 12.7. The van der Waals surface area contributed by atoms with Gasteiger partial charge in [-0.3, -0.25) is 4.79 Å². The molecule has 1 fully saturated rings. The molecule has 1 amide bonds. The van der Waals surface area contributed by atoms with Gasteiger partial charge in [0, 0.05) is 30.4 Å². The van der Waals surface area contributed by atoms with E-state index in [1.807, 2.05) is 30.3 Å². The molecule has 2 aromatic carbocycles. The molecule has 1 aromatic heterocycles. The lowest BCUT2D eigenvalue weighted by Gasteiger charge is -2.25. The summed E-state index contributed by atoms with van der Waals surface area (Å²) in [5.74, 6) is 0.188. The van der Waals surface area contributed by atoms with Crippen molar-refractivity contribution in [2.45, 2.75) is 30.6 Å². The molecule has 2 heterocycles. The molecule has 1 N–H and O–H groups in total. The van der Waals surface area contributed by atoms with Gasteiger partial charge in [0.1, 0.15) is 11.5 Å². The zero-order valence-electron chi connectivity index (χ0n) is 16.5. The third kappa shape index (κ3) is 4.60. The van der Waals surface area contributed by atoms with E-state index < -0.39 is 10.0 Å². The van der Waals surface area contributed by atoms with Gasteiger partial charge in [0.05, 0.1) is 11.3 Å². The van der Waals surface area contributed by atoms with Crippen molar-refractivity contribution in [1.82, 2.24) is 9.46 Å². The van der Waals surface area contributed by atoms with Crippen molar-refractivity contribution < 1.29 is 17.7 Å². The summed E-state index contributed by atoms with van der Waals surface area (Å²) < 4.78 is 32.2. The largest absolute Gasteiger partial charge is 0.360 e. The topological polar surface area (TPSA) is 92.5 Å². The number of carbonyl (C=O) groups is 1. The second kappa shape index (κ2) is 8.81. The van der Waals surface area contributed by atoms with Crippen LogP contribution in [0.5, 0.6) is 0 Å². The zero-order chi connectivity index (χ0) is 21.0. The van der Waals surface area contributed by atoms with Crippen LogP contribution in [0.25, 0.3) is 11.3 Å². The Morgan fingerprint density at radius 2 is 1.70 bits per heavy atom. The number of rotatable bonds is 6. The molecule has 1 saturated heterocycles. The number of carbonyl (C=O) groups excluding carboxylic acids is 1. The quantitative estimate of drug-likeness (QED) is 0.650. The van der Waals surface area contributed by atoms with Gasteiger partial charge in [-0.25, -0.2) is 8.42 Å². The van der Waals surface area contributed by atoms with Crippen LogP contribution in [0.2, 0.25) is 0 Å². The van der Waals surface area contributed by atoms with Crippen LogP contribution in [0.3, 0.4) is 0 Å². The van der Waals surface area contributed by atoms with Gasteiger partial charge < -0.3 is 9.84 Å². The van der Waals surface area contributed by atoms with Gasteiger partial charge >= 0.3 is 0 Å². The third-order valence-corrected chi connectivity index (χ3v) is 6.97. The highest BCUT2D eigenvalue weighted by Crippen LogP contribution is 2.22. The standard InChI is InChI=1S/C22H23N3O4S/c26-22(16-19-15-21(24-29-19)17-7-3-1-4-8-17)23-18-9-11-20(12-10-18)30(27,28)25-13-5-2-6-14-25/h1,3-4,7-12,15H,2,5-6,13-14,16H2,(H,23,26). The van der Waals surface area contributed by atoms with Gasteiger partial charge in [-0.1, -0.05) is 41.9 Å². The maximum Gasteiger partial charge on any atom is 0.243 e. The summed E-state index contributed by atoms with van der Waals surface area (Å²) in [6, 6.07) is 17.6. The Hall–Kier alpha value is -2.97. The molecule has 0 bridgehead atoms. The van der Waals surface area contributed by atoms with Crippen molar-refractivity contribution in [3.63, 3.8) is 0 Å². The number of aromatic nitrogens is 1. The molecule has 7 nitrogen and oxygen atoms in total. The maximum atomic E-state index is 12.7. The first-order chi connectivity index (χ1) is 14.5.